The average molecular weight is 1070 g/mol. The Labute approximate surface area is 463 Å². The molecule has 0 bridgehead atoms. The highest BCUT2D eigenvalue weighted by Crippen LogP contribution is 2.28. The van der Waals surface area contributed by atoms with Gasteiger partial charge in [0.15, 0.2) is 0 Å². The number of ether oxygens (including phenoxy) is 9. The van der Waals surface area contributed by atoms with E-state index >= 15 is 0 Å². The zero-order valence-corrected chi connectivity index (χ0v) is 47.3. The molecule has 2 unspecified atom stereocenters. The van der Waals surface area contributed by atoms with Crippen molar-refractivity contribution in [1.82, 2.24) is 14.7 Å². The first kappa shape index (κ1) is 63.2. The van der Waals surface area contributed by atoms with Gasteiger partial charge in [0.1, 0.15) is 66.9 Å². The number of carbonyl (C=O) groups is 3. The second kappa shape index (κ2) is 36.7. The molecule has 0 saturated carbocycles. The summed E-state index contributed by atoms with van der Waals surface area (Å²) in [5.74, 6) is 5.58. The van der Waals surface area contributed by atoms with Gasteiger partial charge in [-0.15, -0.1) is 0 Å². The maximum Gasteiger partial charge on any atom is 0.293 e. The number of hydrogen-bond acceptors (Lipinski definition) is 15. The van der Waals surface area contributed by atoms with Crippen LogP contribution in [0.15, 0.2) is 145 Å². The molecule has 1 aliphatic rings. The summed E-state index contributed by atoms with van der Waals surface area (Å²) in [5.41, 5.74) is 6.05. The summed E-state index contributed by atoms with van der Waals surface area (Å²) < 4.78 is 48.8. The van der Waals surface area contributed by atoms with Crippen molar-refractivity contribution in [2.45, 2.75) is 63.3 Å². The molecule has 5 aromatic rings. The van der Waals surface area contributed by atoms with Crippen LogP contribution in [0.4, 0.5) is 0 Å². The van der Waals surface area contributed by atoms with Crippen molar-refractivity contribution in [1.29, 1.82) is 0 Å². The Kier molecular flexibility index (Phi) is 29.7. The van der Waals surface area contributed by atoms with Gasteiger partial charge in [-0.05, 0) is 170 Å². The van der Waals surface area contributed by atoms with Gasteiger partial charge in [0.25, 0.3) is 19.4 Å². The molecule has 15 nitrogen and oxygen atoms in total. The standard InChI is InChI=1S/C21H29NO4.2C21H27NO4/c3*1-22(2)14-20(26-16-23)15-25-21-7-5-4-6-18(21)11-8-17-9-12-19(24-3)13-10-17/h4-5,7,9-10,12-13,16,18,20H,6,8,11,14-15H2,1-3H3;2*4-7,9-10,12-13,16,20H,8,11,14-15H2,1-3H3/t18?,20-;20-;/m10./s1. The summed E-state index contributed by atoms with van der Waals surface area (Å²) in [6.07, 6.45) is 11.9. The van der Waals surface area contributed by atoms with Gasteiger partial charge < -0.3 is 57.3 Å². The Balaban J connectivity index is 0.000000252. The normalized spacial score (nSPS) is 13.7. The first-order chi connectivity index (χ1) is 37.9. The van der Waals surface area contributed by atoms with E-state index in [0.29, 0.717) is 64.8 Å². The van der Waals surface area contributed by atoms with Crippen molar-refractivity contribution in [3.63, 3.8) is 0 Å². The number of carbonyl (C=O) groups excluding carboxylic acids is 3. The molecule has 0 radical (unpaired) electrons. The Hall–Kier alpha value is -7.33. The summed E-state index contributed by atoms with van der Waals surface area (Å²) in [6, 6.07) is 40.4. The molecule has 0 aliphatic heterocycles. The number of rotatable bonds is 33. The van der Waals surface area contributed by atoms with E-state index in [4.69, 9.17) is 42.6 Å². The fourth-order valence-corrected chi connectivity index (χ4v) is 8.48. The van der Waals surface area contributed by atoms with Gasteiger partial charge in [0, 0.05) is 25.6 Å². The third-order valence-corrected chi connectivity index (χ3v) is 12.5. The van der Waals surface area contributed by atoms with Crippen LogP contribution in [0.3, 0.4) is 0 Å². The summed E-state index contributed by atoms with van der Waals surface area (Å²) in [5, 5.41) is 0. The highest BCUT2D eigenvalue weighted by Gasteiger charge is 2.20. The molecule has 0 spiro atoms. The fourth-order valence-electron chi connectivity index (χ4n) is 8.48. The molecule has 0 saturated heterocycles. The van der Waals surface area contributed by atoms with Crippen LogP contribution < -0.4 is 23.7 Å². The maximum absolute atomic E-state index is 10.7. The van der Waals surface area contributed by atoms with Crippen LogP contribution in [0.5, 0.6) is 28.7 Å². The molecule has 0 aromatic heterocycles. The predicted molar refractivity (Wildman–Crippen MR) is 306 cm³/mol. The van der Waals surface area contributed by atoms with Crippen LogP contribution in [0.25, 0.3) is 0 Å². The van der Waals surface area contributed by atoms with Gasteiger partial charge in [-0.1, -0.05) is 84.9 Å². The van der Waals surface area contributed by atoms with E-state index < -0.39 is 0 Å². The molecule has 0 N–H and O–H groups in total. The molecule has 0 amide bonds. The van der Waals surface area contributed by atoms with Gasteiger partial charge in [0.05, 0.1) is 27.1 Å². The van der Waals surface area contributed by atoms with Crippen LogP contribution in [-0.4, -0.2) is 155 Å². The molecule has 0 heterocycles. The molecule has 1 aliphatic carbocycles. The smallest absolute Gasteiger partial charge is 0.293 e. The van der Waals surface area contributed by atoms with Crippen LogP contribution in [0, 0.1) is 5.92 Å². The number of likely N-dealkylation sites (N-methyl/N-ethyl adjacent to an activating group) is 3. The zero-order valence-electron chi connectivity index (χ0n) is 47.3. The Morgan fingerprint density at radius 3 is 1.18 bits per heavy atom. The van der Waals surface area contributed by atoms with E-state index in [1.807, 2.05) is 142 Å². The number of allylic oxidation sites excluding steroid dienone is 4. The Bertz CT molecular complexity index is 2380. The first-order valence-electron chi connectivity index (χ1n) is 26.4. The topological polar surface area (TPSA) is 144 Å². The SMILES string of the molecule is COc1ccc(CCC2CC=CC=C2OC[C@@H](CN(C)C)OC=O)cc1.COc1ccc(CCc2ccccc2OCC(CN(C)C)OC=O)cc1.COc1ccc(CCc2ccccc2OC[C@H](CN(C)C)OC=O)cc1. The lowest BCUT2D eigenvalue weighted by Gasteiger charge is -2.25. The summed E-state index contributed by atoms with van der Waals surface area (Å²) in [4.78, 5) is 37.9. The van der Waals surface area contributed by atoms with E-state index in [1.54, 1.807) is 21.3 Å². The number of aryl methyl sites for hydroxylation is 5. The summed E-state index contributed by atoms with van der Waals surface area (Å²) >= 11 is 0. The average Bonchev–Trinajstić information content (AvgIpc) is 3.46. The van der Waals surface area contributed by atoms with E-state index in [-0.39, 0.29) is 18.3 Å². The van der Waals surface area contributed by atoms with Crippen molar-refractivity contribution < 1.29 is 57.0 Å². The van der Waals surface area contributed by atoms with E-state index in [9.17, 15) is 14.4 Å². The molecule has 5 aromatic carbocycles. The predicted octanol–water partition coefficient (Wildman–Crippen LogP) is 9.13. The zero-order chi connectivity index (χ0) is 56.3. The van der Waals surface area contributed by atoms with E-state index in [0.717, 1.165) is 90.6 Å². The first-order valence-corrected chi connectivity index (χ1v) is 26.4. The fraction of sp³-hybridized carbons (Fsp3) is 0.413. The highest BCUT2D eigenvalue weighted by atomic mass is 16.6. The monoisotopic (exact) mass is 1070 g/mol. The van der Waals surface area contributed by atoms with Crippen LogP contribution in [0.2, 0.25) is 0 Å². The van der Waals surface area contributed by atoms with Crippen LogP contribution in [-0.2, 0) is 65.4 Å². The third-order valence-electron chi connectivity index (χ3n) is 12.5. The second-order valence-electron chi connectivity index (χ2n) is 19.5. The van der Waals surface area contributed by atoms with Gasteiger partial charge >= 0.3 is 0 Å². The summed E-state index contributed by atoms with van der Waals surface area (Å²) in [6.45, 7) is 4.36. The minimum Gasteiger partial charge on any atom is -0.497 e. The number of hydrogen-bond donors (Lipinski definition) is 0. The maximum atomic E-state index is 10.7. The van der Waals surface area contributed by atoms with Crippen molar-refractivity contribution in [2.24, 2.45) is 5.92 Å². The Morgan fingerprint density at radius 1 is 0.462 bits per heavy atom. The quantitative estimate of drug-likeness (QED) is 0.0291. The molecule has 6 rings (SSSR count). The number of methoxy groups -OCH3 is 3. The number of para-hydroxylation sites is 2. The summed E-state index contributed by atoms with van der Waals surface area (Å²) in [7, 11) is 16.6. The van der Waals surface area contributed by atoms with Gasteiger partial charge in [-0.3, -0.25) is 14.4 Å². The molecular weight excluding hydrogens is 991 g/mol. The van der Waals surface area contributed by atoms with E-state index in [1.165, 1.54) is 16.7 Å². The third kappa shape index (κ3) is 24.8. The van der Waals surface area contributed by atoms with E-state index in [2.05, 4.69) is 54.6 Å². The van der Waals surface area contributed by atoms with Crippen LogP contribution in [0.1, 0.15) is 40.7 Å². The molecule has 4 atom stereocenters. The van der Waals surface area contributed by atoms with Gasteiger partial charge in [-0.25, -0.2) is 0 Å². The van der Waals surface area contributed by atoms with Crippen molar-refractivity contribution >= 4 is 19.4 Å². The highest BCUT2D eigenvalue weighted by molar-refractivity contribution is 5.39. The van der Waals surface area contributed by atoms with Gasteiger partial charge in [0.2, 0.25) is 0 Å². The largest absolute Gasteiger partial charge is 0.497 e. The van der Waals surface area contributed by atoms with Crippen molar-refractivity contribution in [3.05, 3.63) is 173 Å². The molecule has 422 valence electrons. The molecule has 0 fully saturated rings. The van der Waals surface area contributed by atoms with Crippen molar-refractivity contribution in [2.75, 3.05) is 103 Å². The van der Waals surface area contributed by atoms with Gasteiger partial charge in [-0.2, -0.15) is 0 Å². The lowest BCUT2D eigenvalue weighted by Crippen LogP contribution is -2.33. The van der Waals surface area contributed by atoms with Crippen LogP contribution >= 0.6 is 0 Å². The van der Waals surface area contributed by atoms with Crippen molar-refractivity contribution in [3.8, 4) is 28.7 Å². The Morgan fingerprint density at radius 2 is 0.821 bits per heavy atom. The lowest BCUT2D eigenvalue weighted by molar-refractivity contribution is -0.137. The molecule has 78 heavy (non-hydrogen) atoms. The molecular formula is C63H83N3O12. The number of nitrogens with zero attached hydrogens (tertiary/aromatic N) is 3. The minimum atomic E-state index is -0.294. The minimum absolute atomic E-state index is 0.267. The second-order valence-corrected chi connectivity index (χ2v) is 19.5. The lowest BCUT2D eigenvalue weighted by atomic mass is 9.91. The number of benzene rings is 5. The molecule has 15 heteroatoms.